The highest BCUT2D eigenvalue weighted by Gasteiger charge is 2.17. The standard InChI is InChI=1S/C15H18N2OS/c1-11(2)13(12-6-4-3-5-7-12)8-16-15(18)14-9-19-10-17-14/h3-7,9-11,13H,8H2,1-2H3,(H,16,18)/t13-/m0/s1. The minimum atomic E-state index is -0.0946. The summed E-state index contributed by atoms with van der Waals surface area (Å²) in [6.07, 6.45) is 0. The van der Waals surface area contributed by atoms with E-state index < -0.39 is 0 Å². The number of benzene rings is 1. The highest BCUT2D eigenvalue weighted by atomic mass is 32.1. The van der Waals surface area contributed by atoms with Crippen molar-refractivity contribution in [2.75, 3.05) is 6.54 Å². The fraction of sp³-hybridized carbons (Fsp3) is 0.333. The minimum absolute atomic E-state index is 0.0946. The summed E-state index contributed by atoms with van der Waals surface area (Å²) in [7, 11) is 0. The SMILES string of the molecule is CC(C)[C@H](CNC(=O)c1cscn1)c1ccccc1. The lowest BCUT2D eigenvalue weighted by Crippen LogP contribution is -2.30. The molecule has 0 saturated heterocycles. The van der Waals surface area contributed by atoms with Gasteiger partial charge in [-0.15, -0.1) is 11.3 Å². The molecule has 2 rings (SSSR count). The Kier molecular flexibility index (Phi) is 4.68. The number of hydrogen-bond acceptors (Lipinski definition) is 3. The van der Waals surface area contributed by atoms with Gasteiger partial charge in [-0.1, -0.05) is 44.2 Å². The fourth-order valence-electron chi connectivity index (χ4n) is 2.06. The summed E-state index contributed by atoms with van der Waals surface area (Å²) in [5.41, 5.74) is 3.43. The molecule has 0 fully saturated rings. The van der Waals surface area contributed by atoms with Crippen molar-refractivity contribution in [3.8, 4) is 0 Å². The molecule has 2 aromatic rings. The van der Waals surface area contributed by atoms with E-state index in [2.05, 4.69) is 36.3 Å². The van der Waals surface area contributed by atoms with Gasteiger partial charge in [0.05, 0.1) is 5.51 Å². The third kappa shape index (κ3) is 3.64. The second-order valence-electron chi connectivity index (χ2n) is 4.84. The topological polar surface area (TPSA) is 42.0 Å². The van der Waals surface area contributed by atoms with Crippen LogP contribution in [0.4, 0.5) is 0 Å². The first kappa shape index (κ1) is 13.7. The zero-order valence-electron chi connectivity index (χ0n) is 11.2. The van der Waals surface area contributed by atoms with Crippen molar-refractivity contribution in [2.45, 2.75) is 19.8 Å². The van der Waals surface area contributed by atoms with Gasteiger partial charge >= 0.3 is 0 Å². The molecule has 1 aromatic heterocycles. The van der Waals surface area contributed by atoms with Crippen molar-refractivity contribution < 1.29 is 4.79 Å². The molecule has 0 spiro atoms. The van der Waals surface area contributed by atoms with Crippen molar-refractivity contribution in [2.24, 2.45) is 5.92 Å². The number of carbonyl (C=O) groups excluding carboxylic acids is 1. The number of thiazole rings is 1. The van der Waals surface area contributed by atoms with Gasteiger partial charge in [0.1, 0.15) is 5.69 Å². The molecule has 1 aromatic carbocycles. The van der Waals surface area contributed by atoms with Gasteiger partial charge in [-0.05, 0) is 11.5 Å². The molecule has 0 aliphatic heterocycles. The average Bonchev–Trinajstić information content (AvgIpc) is 2.93. The van der Waals surface area contributed by atoms with Gasteiger partial charge in [0, 0.05) is 17.8 Å². The third-order valence-corrected chi connectivity index (χ3v) is 3.77. The smallest absolute Gasteiger partial charge is 0.270 e. The molecule has 4 heteroatoms. The summed E-state index contributed by atoms with van der Waals surface area (Å²) in [5, 5.41) is 4.74. The molecule has 1 N–H and O–H groups in total. The molecule has 1 heterocycles. The first-order valence-electron chi connectivity index (χ1n) is 6.40. The van der Waals surface area contributed by atoms with E-state index in [0.29, 0.717) is 24.1 Å². The molecule has 1 atom stereocenters. The summed E-state index contributed by atoms with van der Waals surface area (Å²) in [5.74, 6) is 0.699. The number of aromatic nitrogens is 1. The van der Waals surface area contributed by atoms with Crippen LogP contribution in [-0.4, -0.2) is 17.4 Å². The van der Waals surface area contributed by atoms with Crippen LogP contribution in [0.5, 0.6) is 0 Å². The van der Waals surface area contributed by atoms with E-state index in [4.69, 9.17) is 0 Å². The van der Waals surface area contributed by atoms with Crippen molar-refractivity contribution in [1.29, 1.82) is 0 Å². The fourth-order valence-corrected chi connectivity index (χ4v) is 2.59. The van der Waals surface area contributed by atoms with Gasteiger partial charge in [0.2, 0.25) is 0 Å². The zero-order valence-corrected chi connectivity index (χ0v) is 12.0. The number of carbonyl (C=O) groups is 1. The van der Waals surface area contributed by atoms with Crippen molar-refractivity contribution in [3.63, 3.8) is 0 Å². The minimum Gasteiger partial charge on any atom is -0.350 e. The summed E-state index contributed by atoms with van der Waals surface area (Å²) in [6.45, 7) is 4.98. The maximum atomic E-state index is 11.9. The van der Waals surface area contributed by atoms with Gasteiger partial charge in [0.25, 0.3) is 5.91 Å². The summed E-state index contributed by atoms with van der Waals surface area (Å²) in [6, 6.07) is 10.3. The summed E-state index contributed by atoms with van der Waals surface area (Å²) in [4.78, 5) is 15.9. The molecule has 0 bridgehead atoms. The Morgan fingerprint density at radius 1 is 1.32 bits per heavy atom. The van der Waals surface area contributed by atoms with Crippen LogP contribution in [-0.2, 0) is 0 Å². The predicted octanol–water partition coefficient (Wildman–Crippen LogP) is 3.31. The van der Waals surface area contributed by atoms with Crippen LogP contribution in [0.2, 0.25) is 0 Å². The number of hydrogen-bond donors (Lipinski definition) is 1. The monoisotopic (exact) mass is 274 g/mol. The van der Waals surface area contributed by atoms with Crippen LogP contribution in [0.3, 0.4) is 0 Å². The van der Waals surface area contributed by atoms with Gasteiger partial charge < -0.3 is 5.32 Å². The van der Waals surface area contributed by atoms with Crippen molar-refractivity contribution >= 4 is 17.2 Å². The highest BCUT2D eigenvalue weighted by molar-refractivity contribution is 7.07. The lowest BCUT2D eigenvalue weighted by molar-refractivity contribution is 0.0945. The first-order chi connectivity index (χ1) is 9.18. The average molecular weight is 274 g/mol. The van der Waals surface area contributed by atoms with E-state index >= 15 is 0 Å². The number of nitrogens with one attached hydrogen (secondary N) is 1. The second-order valence-corrected chi connectivity index (χ2v) is 5.56. The molecule has 0 aliphatic carbocycles. The predicted molar refractivity (Wildman–Crippen MR) is 78.5 cm³/mol. The maximum absolute atomic E-state index is 11.9. The first-order valence-corrected chi connectivity index (χ1v) is 7.34. The van der Waals surface area contributed by atoms with Crippen LogP contribution in [0.15, 0.2) is 41.2 Å². The number of amides is 1. The van der Waals surface area contributed by atoms with E-state index in [-0.39, 0.29) is 5.91 Å². The molecule has 100 valence electrons. The molecule has 0 unspecified atom stereocenters. The Hall–Kier alpha value is -1.68. The van der Waals surface area contributed by atoms with Crippen LogP contribution in [0, 0.1) is 5.92 Å². The largest absolute Gasteiger partial charge is 0.350 e. The Morgan fingerprint density at radius 2 is 2.05 bits per heavy atom. The lowest BCUT2D eigenvalue weighted by Gasteiger charge is -2.21. The van der Waals surface area contributed by atoms with E-state index in [0.717, 1.165) is 0 Å². The molecule has 0 aliphatic rings. The van der Waals surface area contributed by atoms with Crippen LogP contribution in [0.25, 0.3) is 0 Å². The molecular weight excluding hydrogens is 256 g/mol. The molecule has 3 nitrogen and oxygen atoms in total. The second kappa shape index (κ2) is 6.48. The number of nitrogens with zero attached hydrogens (tertiary/aromatic N) is 1. The third-order valence-electron chi connectivity index (χ3n) is 3.18. The van der Waals surface area contributed by atoms with Gasteiger partial charge in [0.15, 0.2) is 0 Å². The lowest BCUT2D eigenvalue weighted by atomic mass is 9.88. The Bertz CT molecular complexity index is 508. The summed E-state index contributed by atoms with van der Waals surface area (Å²) < 4.78 is 0. The molecular formula is C15H18N2OS. The van der Waals surface area contributed by atoms with E-state index in [1.165, 1.54) is 16.9 Å². The van der Waals surface area contributed by atoms with Gasteiger partial charge in [-0.2, -0.15) is 0 Å². The highest BCUT2D eigenvalue weighted by Crippen LogP contribution is 2.23. The number of rotatable bonds is 5. The Labute approximate surface area is 117 Å². The van der Waals surface area contributed by atoms with Crippen LogP contribution < -0.4 is 5.32 Å². The summed E-state index contributed by atoms with van der Waals surface area (Å²) >= 11 is 1.43. The molecule has 0 saturated carbocycles. The van der Waals surface area contributed by atoms with Crippen molar-refractivity contribution in [3.05, 3.63) is 52.5 Å². The van der Waals surface area contributed by atoms with E-state index in [1.807, 2.05) is 18.2 Å². The molecule has 0 radical (unpaired) electrons. The quantitative estimate of drug-likeness (QED) is 0.909. The molecule has 1 amide bonds. The van der Waals surface area contributed by atoms with E-state index in [9.17, 15) is 4.79 Å². The van der Waals surface area contributed by atoms with Crippen LogP contribution >= 0.6 is 11.3 Å². The Morgan fingerprint density at radius 3 is 2.63 bits per heavy atom. The van der Waals surface area contributed by atoms with Crippen LogP contribution in [0.1, 0.15) is 35.8 Å². The van der Waals surface area contributed by atoms with Gasteiger partial charge in [-0.25, -0.2) is 4.98 Å². The van der Waals surface area contributed by atoms with Gasteiger partial charge in [-0.3, -0.25) is 4.79 Å². The van der Waals surface area contributed by atoms with E-state index in [1.54, 1.807) is 10.9 Å². The maximum Gasteiger partial charge on any atom is 0.270 e. The Balaban J connectivity index is 2.01. The molecule has 19 heavy (non-hydrogen) atoms. The zero-order chi connectivity index (χ0) is 13.7. The normalized spacial score (nSPS) is 12.4. The van der Waals surface area contributed by atoms with Crippen molar-refractivity contribution in [1.82, 2.24) is 10.3 Å².